The highest BCUT2D eigenvalue weighted by Crippen LogP contribution is 2.12. The molecule has 0 amide bonds. The fourth-order valence-corrected chi connectivity index (χ4v) is 1.80. The second-order valence-corrected chi connectivity index (χ2v) is 4.00. The Morgan fingerprint density at radius 3 is 2.67 bits per heavy atom. The summed E-state index contributed by atoms with van der Waals surface area (Å²) in [6, 6.07) is 1.40. The third kappa shape index (κ3) is 3.91. The van der Waals surface area contributed by atoms with E-state index in [0.29, 0.717) is 6.04 Å². The zero-order valence-corrected chi connectivity index (χ0v) is 8.34. The molecule has 0 bridgehead atoms. The molecule has 0 fully saturated rings. The molecule has 1 N–H and O–H groups in total. The number of allylic oxidation sites excluding steroid dienone is 2. The predicted molar refractivity (Wildman–Crippen MR) is 54.3 cm³/mol. The minimum atomic E-state index is 0.637. The van der Waals surface area contributed by atoms with Crippen LogP contribution in [0.25, 0.3) is 0 Å². The van der Waals surface area contributed by atoms with Crippen LogP contribution in [0, 0.1) is 0 Å². The van der Waals surface area contributed by atoms with Crippen molar-refractivity contribution in [1.82, 2.24) is 5.32 Å². The Kier molecular flexibility index (Phi) is 4.37. The Morgan fingerprint density at radius 2 is 1.92 bits per heavy atom. The Bertz CT molecular complexity index is 138. The highest BCUT2D eigenvalue weighted by Gasteiger charge is 2.09. The standard InChI is InChI=1S/C11H21N/c1-10(2)12-11-8-6-4-3-5-7-9-11/h3-4,10-12H,5-9H2,1-2H3/b4-3-. The maximum atomic E-state index is 3.62. The van der Waals surface area contributed by atoms with Crippen LogP contribution in [0.4, 0.5) is 0 Å². The predicted octanol–water partition coefficient (Wildman–Crippen LogP) is 2.87. The molecule has 0 radical (unpaired) electrons. The zero-order chi connectivity index (χ0) is 8.81. The van der Waals surface area contributed by atoms with Crippen LogP contribution in [0.3, 0.4) is 0 Å². The Balaban J connectivity index is 2.27. The SMILES string of the molecule is CC(C)NC1CC/C=C\CCC1. The summed E-state index contributed by atoms with van der Waals surface area (Å²) in [6.07, 6.45) is 11.2. The van der Waals surface area contributed by atoms with E-state index >= 15 is 0 Å². The van der Waals surface area contributed by atoms with Crippen molar-refractivity contribution in [3.63, 3.8) is 0 Å². The molecule has 1 rings (SSSR count). The molecule has 0 aromatic heterocycles. The Hall–Kier alpha value is -0.300. The molecule has 12 heavy (non-hydrogen) atoms. The first-order chi connectivity index (χ1) is 5.79. The second kappa shape index (κ2) is 5.36. The van der Waals surface area contributed by atoms with Gasteiger partial charge in [-0.1, -0.05) is 26.0 Å². The molecule has 1 aliphatic rings. The molecule has 0 aromatic rings. The van der Waals surface area contributed by atoms with Crippen molar-refractivity contribution in [2.24, 2.45) is 0 Å². The first-order valence-corrected chi connectivity index (χ1v) is 5.20. The summed E-state index contributed by atoms with van der Waals surface area (Å²) >= 11 is 0. The summed E-state index contributed by atoms with van der Waals surface area (Å²) in [6.45, 7) is 4.46. The molecule has 1 heteroatoms. The van der Waals surface area contributed by atoms with Crippen LogP contribution in [-0.4, -0.2) is 12.1 Å². The summed E-state index contributed by atoms with van der Waals surface area (Å²) in [5, 5.41) is 3.62. The minimum absolute atomic E-state index is 0.637. The van der Waals surface area contributed by atoms with Gasteiger partial charge in [-0.05, 0) is 32.1 Å². The van der Waals surface area contributed by atoms with Gasteiger partial charge in [0.15, 0.2) is 0 Å². The number of hydrogen-bond acceptors (Lipinski definition) is 1. The molecule has 0 heterocycles. The average molecular weight is 167 g/mol. The van der Waals surface area contributed by atoms with Crippen molar-refractivity contribution >= 4 is 0 Å². The van der Waals surface area contributed by atoms with Gasteiger partial charge in [0.05, 0.1) is 0 Å². The number of nitrogens with one attached hydrogen (secondary N) is 1. The van der Waals surface area contributed by atoms with Gasteiger partial charge in [0.25, 0.3) is 0 Å². The molecule has 0 aromatic carbocycles. The van der Waals surface area contributed by atoms with Crippen LogP contribution in [0.2, 0.25) is 0 Å². The van der Waals surface area contributed by atoms with Crippen molar-refractivity contribution in [1.29, 1.82) is 0 Å². The van der Waals surface area contributed by atoms with Gasteiger partial charge in [0.2, 0.25) is 0 Å². The van der Waals surface area contributed by atoms with Crippen molar-refractivity contribution < 1.29 is 0 Å². The van der Waals surface area contributed by atoms with E-state index in [1.807, 2.05) is 0 Å². The average Bonchev–Trinajstić information content (AvgIpc) is 1.93. The van der Waals surface area contributed by atoms with Crippen molar-refractivity contribution in [2.45, 2.75) is 58.0 Å². The van der Waals surface area contributed by atoms with E-state index in [1.165, 1.54) is 32.1 Å². The van der Waals surface area contributed by atoms with Crippen molar-refractivity contribution in [3.05, 3.63) is 12.2 Å². The maximum absolute atomic E-state index is 3.62. The highest BCUT2D eigenvalue weighted by molar-refractivity contribution is 4.86. The first-order valence-electron chi connectivity index (χ1n) is 5.20. The van der Waals surface area contributed by atoms with Crippen molar-refractivity contribution in [2.75, 3.05) is 0 Å². The molecule has 1 aliphatic carbocycles. The second-order valence-electron chi connectivity index (χ2n) is 4.00. The molecular formula is C11H21N. The summed E-state index contributed by atoms with van der Waals surface area (Å²) in [7, 11) is 0. The largest absolute Gasteiger partial charge is 0.312 e. The van der Waals surface area contributed by atoms with Gasteiger partial charge in [-0.3, -0.25) is 0 Å². The molecule has 1 atom stereocenters. The number of rotatable bonds is 2. The third-order valence-corrected chi connectivity index (χ3v) is 2.34. The minimum Gasteiger partial charge on any atom is -0.312 e. The normalized spacial score (nSPS) is 28.1. The van der Waals surface area contributed by atoms with Crippen LogP contribution >= 0.6 is 0 Å². The van der Waals surface area contributed by atoms with Gasteiger partial charge in [-0.15, -0.1) is 0 Å². The molecule has 0 saturated carbocycles. The summed E-state index contributed by atoms with van der Waals surface area (Å²) in [5.74, 6) is 0. The van der Waals surface area contributed by atoms with E-state index in [4.69, 9.17) is 0 Å². The van der Waals surface area contributed by atoms with E-state index in [1.54, 1.807) is 0 Å². The quantitative estimate of drug-likeness (QED) is 0.624. The van der Waals surface area contributed by atoms with Crippen molar-refractivity contribution in [3.8, 4) is 0 Å². The lowest BCUT2D eigenvalue weighted by atomic mass is 10.0. The fourth-order valence-electron chi connectivity index (χ4n) is 1.80. The van der Waals surface area contributed by atoms with Gasteiger partial charge < -0.3 is 5.32 Å². The van der Waals surface area contributed by atoms with E-state index < -0.39 is 0 Å². The topological polar surface area (TPSA) is 12.0 Å². The fraction of sp³-hybridized carbons (Fsp3) is 0.818. The lowest BCUT2D eigenvalue weighted by Crippen LogP contribution is -2.34. The highest BCUT2D eigenvalue weighted by atomic mass is 14.9. The molecule has 0 spiro atoms. The van der Waals surface area contributed by atoms with Gasteiger partial charge in [-0.25, -0.2) is 0 Å². The van der Waals surface area contributed by atoms with E-state index in [0.717, 1.165) is 6.04 Å². The van der Waals surface area contributed by atoms with Gasteiger partial charge >= 0.3 is 0 Å². The van der Waals surface area contributed by atoms with Crippen LogP contribution in [0.5, 0.6) is 0 Å². The number of hydrogen-bond donors (Lipinski definition) is 1. The smallest absolute Gasteiger partial charge is 0.00724 e. The summed E-state index contributed by atoms with van der Waals surface area (Å²) in [4.78, 5) is 0. The Morgan fingerprint density at radius 1 is 1.17 bits per heavy atom. The van der Waals surface area contributed by atoms with Gasteiger partial charge in [0.1, 0.15) is 0 Å². The lowest BCUT2D eigenvalue weighted by Gasteiger charge is -2.21. The van der Waals surface area contributed by atoms with Crippen LogP contribution in [0.15, 0.2) is 12.2 Å². The molecule has 0 saturated heterocycles. The molecule has 1 unspecified atom stereocenters. The van der Waals surface area contributed by atoms with Crippen LogP contribution in [-0.2, 0) is 0 Å². The zero-order valence-electron chi connectivity index (χ0n) is 8.34. The Labute approximate surface area is 76.2 Å². The van der Waals surface area contributed by atoms with Crippen LogP contribution < -0.4 is 5.32 Å². The lowest BCUT2D eigenvalue weighted by molar-refractivity contribution is 0.407. The molecule has 1 nitrogen and oxygen atoms in total. The third-order valence-electron chi connectivity index (χ3n) is 2.34. The maximum Gasteiger partial charge on any atom is 0.00724 e. The van der Waals surface area contributed by atoms with Gasteiger partial charge in [-0.2, -0.15) is 0 Å². The van der Waals surface area contributed by atoms with Crippen LogP contribution in [0.1, 0.15) is 46.0 Å². The molecule has 70 valence electrons. The van der Waals surface area contributed by atoms with Gasteiger partial charge in [0, 0.05) is 12.1 Å². The monoisotopic (exact) mass is 167 g/mol. The first kappa shape index (κ1) is 9.79. The summed E-state index contributed by atoms with van der Waals surface area (Å²) in [5.41, 5.74) is 0. The molecular weight excluding hydrogens is 146 g/mol. The van der Waals surface area contributed by atoms with E-state index in [-0.39, 0.29) is 0 Å². The molecule has 0 aliphatic heterocycles. The van der Waals surface area contributed by atoms with E-state index in [9.17, 15) is 0 Å². The summed E-state index contributed by atoms with van der Waals surface area (Å²) < 4.78 is 0. The van der Waals surface area contributed by atoms with E-state index in [2.05, 4.69) is 31.3 Å².